The SMILES string of the molecule is Oc1cccc(N=Cc2ccc(O)c(I)c2)c1. The Bertz CT molecular complexity index is 567. The largest absolute Gasteiger partial charge is 0.508 e. The van der Waals surface area contributed by atoms with Crippen molar-refractivity contribution in [3.63, 3.8) is 0 Å². The minimum Gasteiger partial charge on any atom is -0.508 e. The molecule has 0 aliphatic carbocycles. The summed E-state index contributed by atoms with van der Waals surface area (Å²) in [6, 6.07) is 12.0. The van der Waals surface area contributed by atoms with Crippen molar-refractivity contribution in [1.82, 2.24) is 0 Å². The molecule has 0 aliphatic rings. The monoisotopic (exact) mass is 339 g/mol. The van der Waals surface area contributed by atoms with Crippen LogP contribution in [0.3, 0.4) is 0 Å². The number of phenolic OH excluding ortho intramolecular Hbond substituents is 2. The molecule has 86 valence electrons. The topological polar surface area (TPSA) is 52.8 Å². The summed E-state index contributed by atoms with van der Waals surface area (Å²) < 4.78 is 0.780. The highest BCUT2D eigenvalue weighted by Gasteiger charge is 1.97. The van der Waals surface area contributed by atoms with Gasteiger partial charge in [0.2, 0.25) is 0 Å². The van der Waals surface area contributed by atoms with Crippen molar-refractivity contribution in [3.05, 3.63) is 51.6 Å². The Morgan fingerprint density at radius 1 is 1.06 bits per heavy atom. The highest BCUT2D eigenvalue weighted by atomic mass is 127. The van der Waals surface area contributed by atoms with Gasteiger partial charge in [-0.25, -0.2) is 0 Å². The van der Waals surface area contributed by atoms with Gasteiger partial charge in [0.25, 0.3) is 0 Å². The van der Waals surface area contributed by atoms with E-state index in [1.54, 1.807) is 36.5 Å². The minimum absolute atomic E-state index is 0.194. The van der Waals surface area contributed by atoms with Crippen molar-refractivity contribution in [3.8, 4) is 11.5 Å². The molecule has 0 amide bonds. The van der Waals surface area contributed by atoms with Crippen LogP contribution in [-0.2, 0) is 0 Å². The van der Waals surface area contributed by atoms with Crippen molar-refractivity contribution in [2.24, 2.45) is 4.99 Å². The predicted molar refractivity (Wildman–Crippen MR) is 76.2 cm³/mol. The molecular formula is C13H10INO2. The third-order valence-corrected chi connectivity index (χ3v) is 3.03. The molecule has 0 aromatic heterocycles. The van der Waals surface area contributed by atoms with E-state index in [0.717, 1.165) is 9.13 Å². The van der Waals surface area contributed by atoms with Crippen molar-refractivity contribution in [1.29, 1.82) is 0 Å². The first kappa shape index (κ1) is 11.9. The average molecular weight is 339 g/mol. The smallest absolute Gasteiger partial charge is 0.128 e. The van der Waals surface area contributed by atoms with Crippen LogP contribution in [0.4, 0.5) is 5.69 Å². The van der Waals surface area contributed by atoms with Crippen molar-refractivity contribution in [2.75, 3.05) is 0 Å². The van der Waals surface area contributed by atoms with E-state index in [-0.39, 0.29) is 11.5 Å². The van der Waals surface area contributed by atoms with Crippen LogP contribution >= 0.6 is 22.6 Å². The van der Waals surface area contributed by atoms with E-state index < -0.39 is 0 Å². The molecule has 0 aliphatic heterocycles. The second-order valence-electron chi connectivity index (χ2n) is 3.49. The van der Waals surface area contributed by atoms with Gasteiger partial charge in [-0.15, -0.1) is 0 Å². The molecule has 0 heterocycles. The molecule has 0 unspecified atom stereocenters. The molecule has 2 aromatic rings. The Kier molecular flexibility index (Phi) is 3.63. The molecular weight excluding hydrogens is 329 g/mol. The zero-order valence-electron chi connectivity index (χ0n) is 8.84. The van der Waals surface area contributed by atoms with Crippen LogP contribution in [0.15, 0.2) is 47.5 Å². The van der Waals surface area contributed by atoms with Gasteiger partial charge < -0.3 is 10.2 Å². The minimum atomic E-state index is 0.194. The molecule has 0 saturated heterocycles. The molecule has 4 heteroatoms. The van der Waals surface area contributed by atoms with Gasteiger partial charge in [-0.05, 0) is 58.5 Å². The van der Waals surface area contributed by atoms with Gasteiger partial charge in [-0.1, -0.05) is 6.07 Å². The molecule has 0 radical (unpaired) electrons. The highest BCUT2D eigenvalue weighted by molar-refractivity contribution is 14.1. The molecule has 2 aromatic carbocycles. The first-order valence-electron chi connectivity index (χ1n) is 4.97. The van der Waals surface area contributed by atoms with E-state index in [0.29, 0.717) is 5.69 Å². The maximum Gasteiger partial charge on any atom is 0.128 e. The van der Waals surface area contributed by atoms with Gasteiger partial charge in [0.05, 0.1) is 9.26 Å². The Morgan fingerprint density at radius 3 is 2.59 bits per heavy atom. The Labute approximate surface area is 113 Å². The van der Waals surface area contributed by atoms with Crippen LogP contribution in [0.5, 0.6) is 11.5 Å². The normalized spacial score (nSPS) is 10.9. The number of halogens is 1. The lowest BCUT2D eigenvalue weighted by Crippen LogP contribution is -1.82. The number of benzene rings is 2. The zero-order chi connectivity index (χ0) is 12.3. The first-order valence-corrected chi connectivity index (χ1v) is 6.04. The quantitative estimate of drug-likeness (QED) is 0.650. The fourth-order valence-corrected chi connectivity index (χ4v) is 1.87. The molecule has 0 bridgehead atoms. The second-order valence-corrected chi connectivity index (χ2v) is 4.65. The van der Waals surface area contributed by atoms with Crippen LogP contribution in [0, 0.1) is 3.57 Å². The van der Waals surface area contributed by atoms with Crippen LogP contribution in [-0.4, -0.2) is 16.4 Å². The number of hydrogen-bond acceptors (Lipinski definition) is 3. The summed E-state index contributed by atoms with van der Waals surface area (Å²) in [5, 5.41) is 18.7. The third-order valence-electron chi connectivity index (χ3n) is 2.16. The molecule has 2 N–H and O–H groups in total. The van der Waals surface area contributed by atoms with Crippen LogP contribution < -0.4 is 0 Å². The van der Waals surface area contributed by atoms with Gasteiger partial charge in [0.15, 0.2) is 0 Å². The van der Waals surface area contributed by atoms with E-state index in [1.165, 1.54) is 0 Å². The highest BCUT2D eigenvalue weighted by Crippen LogP contribution is 2.21. The summed E-state index contributed by atoms with van der Waals surface area (Å²) in [7, 11) is 0. The number of phenols is 2. The van der Waals surface area contributed by atoms with Crippen LogP contribution in [0.25, 0.3) is 0 Å². The van der Waals surface area contributed by atoms with E-state index >= 15 is 0 Å². The summed E-state index contributed by atoms with van der Waals surface area (Å²) in [6.45, 7) is 0. The molecule has 3 nitrogen and oxygen atoms in total. The summed E-state index contributed by atoms with van der Waals surface area (Å²) in [5.41, 5.74) is 1.59. The summed E-state index contributed by atoms with van der Waals surface area (Å²) in [4.78, 5) is 4.24. The van der Waals surface area contributed by atoms with Crippen LogP contribution in [0.2, 0.25) is 0 Å². The first-order chi connectivity index (χ1) is 8.15. The molecule has 0 fully saturated rings. The van der Waals surface area contributed by atoms with Crippen molar-refractivity contribution >= 4 is 34.5 Å². The predicted octanol–water partition coefficient (Wildman–Crippen LogP) is 3.45. The zero-order valence-corrected chi connectivity index (χ0v) is 11.0. The van der Waals surface area contributed by atoms with E-state index in [1.807, 2.05) is 12.1 Å². The maximum atomic E-state index is 9.38. The number of aliphatic imine (C=N–C) groups is 1. The molecule has 2 rings (SSSR count). The van der Waals surface area contributed by atoms with Crippen LogP contribution in [0.1, 0.15) is 5.56 Å². The lowest BCUT2D eigenvalue weighted by molar-refractivity contribution is 0.471. The number of rotatable bonds is 2. The fourth-order valence-electron chi connectivity index (χ4n) is 1.33. The van der Waals surface area contributed by atoms with Gasteiger partial charge >= 0.3 is 0 Å². The lowest BCUT2D eigenvalue weighted by atomic mass is 10.2. The Hall–Kier alpha value is -1.56. The standard InChI is InChI=1S/C13H10INO2/c14-12-6-9(4-5-13(12)17)8-15-10-2-1-3-11(16)7-10/h1-8,16-17H. The van der Waals surface area contributed by atoms with E-state index in [2.05, 4.69) is 27.6 Å². The number of nitrogens with zero attached hydrogens (tertiary/aromatic N) is 1. The Balaban J connectivity index is 2.23. The van der Waals surface area contributed by atoms with Gasteiger partial charge in [-0.3, -0.25) is 4.99 Å². The molecule has 0 atom stereocenters. The molecule has 17 heavy (non-hydrogen) atoms. The number of hydrogen-bond donors (Lipinski definition) is 2. The molecule has 0 saturated carbocycles. The fraction of sp³-hybridized carbons (Fsp3) is 0. The van der Waals surface area contributed by atoms with E-state index in [4.69, 9.17) is 0 Å². The van der Waals surface area contributed by atoms with E-state index in [9.17, 15) is 10.2 Å². The molecule has 0 spiro atoms. The maximum absolute atomic E-state index is 9.38. The summed E-state index contributed by atoms with van der Waals surface area (Å²) >= 11 is 2.06. The average Bonchev–Trinajstić information content (AvgIpc) is 2.31. The van der Waals surface area contributed by atoms with Gasteiger partial charge in [0, 0.05) is 12.3 Å². The van der Waals surface area contributed by atoms with Crippen molar-refractivity contribution in [2.45, 2.75) is 0 Å². The Morgan fingerprint density at radius 2 is 1.88 bits per heavy atom. The summed E-state index contributed by atoms with van der Waals surface area (Å²) in [6.07, 6.45) is 1.69. The number of aromatic hydroxyl groups is 2. The third kappa shape index (κ3) is 3.20. The van der Waals surface area contributed by atoms with Gasteiger partial charge in [0.1, 0.15) is 11.5 Å². The van der Waals surface area contributed by atoms with Gasteiger partial charge in [-0.2, -0.15) is 0 Å². The second kappa shape index (κ2) is 5.18. The lowest BCUT2D eigenvalue weighted by Gasteiger charge is -1.98. The summed E-state index contributed by atoms with van der Waals surface area (Å²) in [5.74, 6) is 0.458. The van der Waals surface area contributed by atoms with Crippen molar-refractivity contribution < 1.29 is 10.2 Å².